The number of hydrogen-bond acceptors (Lipinski definition) is 4. The smallest absolute Gasteiger partial charge is 0.294 e. The standard InChI is InChI=1S/C19H20F5N3O2/c1-3-19(23,24)8-18(2)6-13(18)27-7-11-10(17(27)28)4-9(5-12(11)20)15-25-26-16(29-15)14(21)22/h4-5,13-14,16,26H,3,6-8H2,1-2H3/t13?,16?,18-/m1/s1. The second kappa shape index (κ2) is 6.56. The topological polar surface area (TPSA) is 53.9 Å². The molecule has 29 heavy (non-hydrogen) atoms. The second-order valence-electron chi connectivity index (χ2n) is 8.10. The summed E-state index contributed by atoms with van der Waals surface area (Å²) < 4.78 is 72.7. The number of fused-ring (bicyclic) bond motifs is 1. The van der Waals surface area contributed by atoms with Crippen LogP contribution >= 0.6 is 0 Å². The van der Waals surface area contributed by atoms with Crippen LogP contribution in [-0.2, 0) is 11.3 Å². The van der Waals surface area contributed by atoms with Crippen LogP contribution in [0.25, 0.3) is 0 Å². The van der Waals surface area contributed by atoms with Gasteiger partial charge in [0.15, 0.2) is 0 Å². The molecule has 5 nitrogen and oxygen atoms in total. The zero-order valence-corrected chi connectivity index (χ0v) is 15.8. The average molecular weight is 417 g/mol. The second-order valence-corrected chi connectivity index (χ2v) is 8.10. The normalized spacial score (nSPS) is 28.3. The molecule has 1 amide bonds. The van der Waals surface area contributed by atoms with Gasteiger partial charge in [0.1, 0.15) is 5.82 Å². The lowest BCUT2D eigenvalue weighted by Crippen LogP contribution is -2.32. The molecule has 0 bridgehead atoms. The molecule has 10 heteroatoms. The molecular formula is C19H20F5N3O2. The van der Waals surface area contributed by atoms with E-state index in [-0.39, 0.29) is 42.0 Å². The number of hydrazone groups is 1. The first-order valence-corrected chi connectivity index (χ1v) is 9.34. The number of benzene rings is 1. The van der Waals surface area contributed by atoms with Crippen molar-refractivity contribution in [1.29, 1.82) is 0 Å². The van der Waals surface area contributed by atoms with E-state index in [0.29, 0.717) is 6.42 Å². The monoisotopic (exact) mass is 417 g/mol. The summed E-state index contributed by atoms with van der Waals surface area (Å²) >= 11 is 0. The Balaban J connectivity index is 1.53. The molecule has 2 heterocycles. The minimum absolute atomic E-state index is 0.0104. The minimum Gasteiger partial charge on any atom is -0.445 e. The van der Waals surface area contributed by atoms with Crippen LogP contribution < -0.4 is 5.43 Å². The van der Waals surface area contributed by atoms with E-state index in [4.69, 9.17) is 4.74 Å². The Kier molecular flexibility index (Phi) is 4.51. The quantitative estimate of drug-likeness (QED) is 0.715. The molecule has 4 rings (SSSR count). The third kappa shape index (κ3) is 3.42. The maximum atomic E-state index is 14.6. The summed E-state index contributed by atoms with van der Waals surface area (Å²) in [5.74, 6) is -4.21. The summed E-state index contributed by atoms with van der Waals surface area (Å²) in [5.41, 5.74) is 1.68. The number of rotatable bonds is 6. The van der Waals surface area contributed by atoms with Gasteiger partial charge in [-0.25, -0.2) is 22.0 Å². The molecule has 1 saturated carbocycles. The van der Waals surface area contributed by atoms with Crippen LogP contribution in [0.4, 0.5) is 22.0 Å². The van der Waals surface area contributed by atoms with Crippen LogP contribution in [0.5, 0.6) is 0 Å². The molecule has 158 valence electrons. The SMILES string of the molecule is CCC(F)(F)C[C@@]1(C)CC1N1Cc2c(F)cc(C3=NNC(C(F)F)O3)cc2C1=O. The highest BCUT2D eigenvalue weighted by atomic mass is 19.3. The first kappa shape index (κ1) is 19.9. The molecule has 1 N–H and O–H groups in total. The predicted molar refractivity (Wildman–Crippen MR) is 93.2 cm³/mol. The summed E-state index contributed by atoms with van der Waals surface area (Å²) in [5, 5.41) is 3.63. The van der Waals surface area contributed by atoms with Crippen molar-refractivity contribution in [2.75, 3.05) is 0 Å². The molecule has 1 aromatic carbocycles. The van der Waals surface area contributed by atoms with Gasteiger partial charge < -0.3 is 9.64 Å². The molecule has 3 aliphatic rings. The highest BCUT2D eigenvalue weighted by molar-refractivity contribution is 6.03. The third-order valence-electron chi connectivity index (χ3n) is 5.88. The van der Waals surface area contributed by atoms with E-state index in [9.17, 15) is 26.7 Å². The van der Waals surface area contributed by atoms with Gasteiger partial charge in [-0.2, -0.15) is 0 Å². The fraction of sp³-hybridized carbons (Fsp3) is 0.579. The van der Waals surface area contributed by atoms with Crippen molar-refractivity contribution in [3.05, 3.63) is 34.6 Å². The van der Waals surface area contributed by atoms with Crippen molar-refractivity contribution in [2.45, 2.75) is 64.3 Å². The number of alkyl halides is 4. The van der Waals surface area contributed by atoms with E-state index in [1.54, 1.807) is 6.92 Å². The summed E-state index contributed by atoms with van der Waals surface area (Å²) in [4.78, 5) is 14.3. The van der Waals surface area contributed by atoms with Crippen LogP contribution in [0.2, 0.25) is 0 Å². The van der Waals surface area contributed by atoms with Crippen molar-refractivity contribution < 1.29 is 31.5 Å². The Morgan fingerprint density at radius 2 is 2.14 bits per heavy atom. The van der Waals surface area contributed by atoms with E-state index in [1.165, 1.54) is 17.9 Å². The van der Waals surface area contributed by atoms with Gasteiger partial charge in [-0.05, 0) is 24.0 Å². The van der Waals surface area contributed by atoms with E-state index >= 15 is 0 Å². The molecule has 0 aromatic heterocycles. The van der Waals surface area contributed by atoms with Crippen molar-refractivity contribution in [3.8, 4) is 0 Å². The molecule has 1 aromatic rings. The Labute approximate surface area is 163 Å². The zero-order chi connectivity index (χ0) is 21.1. The number of ether oxygens (including phenoxy) is 1. The molecule has 0 saturated heterocycles. The Bertz CT molecular complexity index is 891. The van der Waals surface area contributed by atoms with Crippen LogP contribution in [0, 0.1) is 11.2 Å². The van der Waals surface area contributed by atoms with Crippen molar-refractivity contribution in [1.82, 2.24) is 10.3 Å². The largest absolute Gasteiger partial charge is 0.445 e. The summed E-state index contributed by atoms with van der Waals surface area (Å²) in [6.07, 6.45) is -4.66. The molecule has 1 fully saturated rings. The van der Waals surface area contributed by atoms with Gasteiger partial charge in [-0.1, -0.05) is 13.8 Å². The minimum atomic E-state index is -2.83. The maximum absolute atomic E-state index is 14.6. The maximum Gasteiger partial charge on any atom is 0.294 e. The van der Waals surface area contributed by atoms with Crippen molar-refractivity contribution >= 4 is 11.8 Å². The summed E-state index contributed by atoms with van der Waals surface area (Å²) in [6, 6.07) is 2.02. The van der Waals surface area contributed by atoms with Crippen LogP contribution in [0.1, 0.15) is 54.6 Å². The van der Waals surface area contributed by atoms with Gasteiger partial charge in [-0.3, -0.25) is 10.2 Å². The lowest BCUT2D eigenvalue weighted by molar-refractivity contribution is -0.0319. The zero-order valence-electron chi connectivity index (χ0n) is 15.8. The molecule has 0 spiro atoms. The van der Waals surface area contributed by atoms with Gasteiger partial charge in [0, 0.05) is 42.1 Å². The number of carbonyl (C=O) groups is 1. The van der Waals surface area contributed by atoms with E-state index in [1.807, 2.05) is 0 Å². The number of nitrogens with one attached hydrogen (secondary N) is 1. The van der Waals surface area contributed by atoms with Crippen LogP contribution in [-0.4, -0.2) is 41.3 Å². The van der Waals surface area contributed by atoms with E-state index in [2.05, 4.69) is 10.5 Å². The van der Waals surface area contributed by atoms with Crippen LogP contribution in [0.15, 0.2) is 17.2 Å². The predicted octanol–water partition coefficient (Wildman–Crippen LogP) is 3.87. The fourth-order valence-corrected chi connectivity index (χ4v) is 4.07. The van der Waals surface area contributed by atoms with Gasteiger partial charge in [0.2, 0.25) is 18.0 Å². The molecule has 1 aliphatic carbocycles. The van der Waals surface area contributed by atoms with E-state index < -0.39 is 41.8 Å². The van der Waals surface area contributed by atoms with Crippen molar-refractivity contribution in [3.63, 3.8) is 0 Å². The molecule has 2 unspecified atom stereocenters. The highest BCUT2D eigenvalue weighted by Crippen LogP contribution is 2.57. The van der Waals surface area contributed by atoms with Gasteiger partial charge >= 0.3 is 0 Å². The average Bonchev–Trinajstić information content (AvgIpc) is 3.01. The number of carbonyl (C=O) groups excluding carboxylic acids is 1. The van der Waals surface area contributed by atoms with Gasteiger partial charge in [0.25, 0.3) is 12.3 Å². The molecule has 2 aliphatic heterocycles. The lowest BCUT2D eigenvalue weighted by Gasteiger charge is -2.23. The first-order chi connectivity index (χ1) is 13.5. The number of halogens is 5. The summed E-state index contributed by atoms with van der Waals surface area (Å²) in [6.45, 7) is 3.11. The number of hydrogen-bond donors (Lipinski definition) is 1. The molecule has 0 radical (unpaired) electrons. The highest BCUT2D eigenvalue weighted by Gasteiger charge is 2.59. The molecule has 3 atom stereocenters. The van der Waals surface area contributed by atoms with Crippen molar-refractivity contribution in [2.24, 2.45) is 10.5 Å². The third-order valence-corrected chi connectivity index (χ3v) is 5.88. The van der Waals surface area contributed by atoms with Gasteiger partial charge in [-0.15, -0.1) is 5.10 Å². The molecular weight excluding hydrogens is 397 g/mol. The Morgan fingerprint density at radius 1 is 1.41 bits per heavy atom. The van der Waals surface area contributed by atoms with Crippen LogP contribution in [0.3, 0.4) is 0 Å². The number of nitrogens with zero attached hydrogens (tertiary/aromatic N) is 2. The Hall–Kier alpha value is -2.39. The number of amides is 1. The lowest BCUT2D eigenvalue weighted by atomic mass is 9.97. The Morgan fingerprint density at radius 3 is 2.76 bits per heavy atom. The fourth-order valence-electron chi connectivity index (χ4n) is 4.07. The summed E-state index contributed by atoms with van der Waals surface area (Å²) in [7, 11) is 0. The van der Waals surface area contributed by atoms with E-state index in [0.717, 1.165) is 6.07 Å². The van der Waals surface area contributed by atoms with Gasteiger partial charge in [0.05, 0.1) is 0 Å². The first-order valence-electron chi connectivity index (χ1n) is 9.34.